The molecular formula is C16H20N4O4S. The third-order valence-corrected chi connectivity index (χ3v) is 5.13. The number of carbonyl (C=O) groups is 1. The van der Waals surface area contributed by atoms with Crippen molar-refractivity contribution in [2.75, 3.05) is 23.4 Å². The monoisotopic (exact) mass is 364 g/mol. The van der Waals surface area contributed by atoms with Gasteiger partial charge in [-0.25, -0.2) is 13.2 Å². The molecule has 0 fully saturated rings. The molecule has 2 aromatic rings. The number of nitrogens with zero attached hydrogens (tertiary/aromatic N) is 3. The molecule has 0 unspecified atom stereocenters. The molecule has 8 nitrogen and oxygen atoms in total. The molecule has 134 valence electrons. The van der Waals surface area contributed by atoms with Crippen molar-refractivity contribution in [2.45, 2.75) is 20.0 Å². The molecule has 0 saturated carbocycles. The summed E-state index contributed by atoms with van der Waals surface area (Å²) in [6, 6.07) is 4.66. The van der Waals surface area contributed by atoms with E-state index in [4.69, 9.17) is 10.8 Å². The normalized spacial score (nSPS) is 11.0. The predicted molar refractivity (Wildman–Crippen MR) is 93.5 cm³/mol. The van der Waals surface area contributed by atoms with E-state index in [-0.39, 0.29) is 31.1 Å². The lowest BCUT2D eigenvalue weighted by Crippen LogP contribution is -2.34. The zero-order valence-corrected chi connectivity index (χ0v) is 14.7. The van der Waals surface area contributed by atoms with E-state index in [1.165, 1.54) is 15.8 Å². The Bertz CT molecular complexity index is 834. The van der Waals surface area contributed by atoms with Crippen LogP contribution in [0.25, 0.3) is 0 Å². The molecule has 0 bridgehead atoms. The molecule has 0 aromatic carbocycles. The Hall–Kier alpha value is -2.73. The van der Waals surface area contributed by atoms with Crippen molar-refractivity contribution in [3.05, 3.63) is 36.4 Å². The zero-order chi connectivity index (χ0) is 18.3. The van der Waals surface area contributed by atoms with Gasteiger partial charge in [0.25, 0.3) is 0 Å². The van der Waals surface area contributed by atoms with Crippen molar-refractivity contribution in [3.63, 3.8) is 0 Å². The van der Waals surface area contributed by atoms with Gasteiger partial charge in [-0.15, -0.1) is 6.42 Å². The fourth-order valence-corrected chi connectivity index (χ4v) is 2.77. The van der Waals surface area contributed by atoms with Crippen LogP contribution in [0.5, 0.6) is 0 Å². The minimum atomic E-state index is -3.07. The second-order valence-electron chi connectivity index (χ2n) is 5.27. The van der Waals surface area contributed by atoms with Crippen LogP contribution in [0.3, 0.4) is 0 Å². The van der Waals surface area contributed by atoms with Crippen molar-refractivity contribution in [3.8, 4) is 12.3 Å². The molecule has 2 amide bonds. The highest BCUT2D eigenvalue weighted by molar-refractivity contribution is 7.91. The first-order valence-electron chi connectivity index (χ1n) is 7.69. The molecule has 0 saturated heterocycles. The largest absolute Gasteiger partial charge is 0.467 e. The van der Waals surface area contributed by atoms with Crippen molar-refractivity contribution in [2.24, 2.45) is 0 Å². The molecule has 25 heavy (non-hydrogen) atoms. The highest BCUT2D eigenvalue weighted by Crippen LogP contribution is 2.09. The second kappa shape index (κ2) is 8.39. The van der Waals surface area contributed by atoms with Gasteiger partial charge >= 0.3 is 6.03 Å². The molecule has 2 aromatic heterocycles. The van der Waals surface area contributed by atoms with Gasteiger partial charge < -0.3 is 9.32 Å². The number of sulfone groups is 1. The number of anilines is 1. The van der Waals surface area contributed by atoms with Gasteiger partial charge in [-0.05, 0) is 12.1 Å². The summed E-state index contributed by atoms with van der Waals surface area (Å²) in [5.41, 5.74) is 0. The van der Waals surface area contributed by atoms with Crippen LogP contribution in [-0.4, -0.2) is 47.2 Å². The maximum atomic E-state index is 12.3. The van der Waals surface area contributed by atoms with E-state index < -0.39 is 15.9 Å². The van der Waals surface area contributed by atoms with Crippen LogP contribution < -0.4 is 5.32 Å². The van der Waals surface area contributed by atoms with Gasteiger partial charge in [0.15, 0.2) is 15.7 Å². The van der Waals surface area contributed by atoms with Crippen LogP contribution in [0, 0.1) is 12.3 Å². The van der Waals surface area contributed by atoms with Gasteiger partial charge in [0, 0.05) is 18.0 Å². The maximum absolute atomic E-state index is 12.3. The topological polar surface area (TPSA) is 97.4 Å². The lowest BCUT2D eigenvalue weighted by atomic mass is 10.4. The average molecular weight is 364 g/mol. The van der Waals surface area contributed by atoms with Gasteiger partial charge in [0.2, 0.25) is 0 Å². The number of nitrogens with one attached hydrogen (secondary N) is 1. The molecule has 2 rings (SSSR count). The standard InChI is InChI=1S/C16H20N4O4S/c1-3-8-19(13-14-6-5-11-24-14)16(21)17-15-7-9-20(18-15)10-12-25(22,23)4-2/h1,5-7,9,11H,4,8,10,12-13H2,2H3,(H,17,18,21). The predicted octanol–water partition coefficient (Wildman–Crippen LogP) is 1.58. The Balaban J connectivity index is 1.95. The van der Waals surface area contributed by atoms with Crippen LogP contribution in [0.1, 0.15) is 12.7 Å². The van der Waals surface area contributed by atoms with Crippen LogP contribution in [0.4, 0.5) is 10.6 Å². The maximum Gasteiger partial charge on any atom is 0.324 e. The molecule has 9 heteroatoms. The summed E-state index contributed by atoms with van der Waals surface area (Å²) >= 11 is 0. The van der Waals surface area contributed by atoms with E-state index in [9.17, 15) is 13.2 Å². The van der Waals surface area contributed by atoms with Crippen molar-refractivity contribution in [1.29, 1.82) is 0 Å². The first-order chi connectivity index (χ1) is 11.9. The van der Waals surface area contributed by atoms with Crippen LogP contribution >= 0.6 is 0 Å². The van der Waals surface area contributed by atoms with Crippen LogP contribution in [-0.2, 0) is 22.9 Å². The summed E-state index contributed by atoms with van der Waals surface area (Å²) in [6.45, 7) is 2.18. The van der Waals surface area contributed by atoms with Crippen molar-refractivity contribution >= 4 is 21.7 Å². The van der Waals surface area contributed by atoms with Crippen molar-refractivity contribution < 1.29 is 17.6 Å². The number of furan rings is 1. The van der Waals surface area contributed by atoms with E-state index in [1.54, 1.807) is 31.3 Å². The number of aryl methyl sites for hydroxylation is 1. The molecule has 1 N–H and O–H groups in total. The number of carbonyl (C=O) groups excluding carboxylic acids is 1. The zero-order valence-electron chi connectivity index (χ0n) is 13.9. The summed E-state index contributed by atoms with van der Waals surface area (Å²) in [4.78, 5) is 13.7. The first kappa shape index (κ1) is 18.6. The van der Waals surface area contributed by atoms with E-state index >= 15 is 0 Å². The highest BCUT2D eigenvalue weighted by Gasteiger charge is 2.16. The third-order valence-electron chi connectivity index (χ3n) is 3.44. The number of hydrogen-bond donors (Lipinski definition) is 1. The quantitative estimate of drug-likeness (QED) is 0.717. The molecule has 0 aliphatic heterocycles. The Morgan fingerprint density at radius 2 is 2.28 bits per heavy atom. The molecule has 2 heterocycles. The first-order valence-corrected chi connectivity index (χ1v) is 9.51. The fraction of sp³-hybridized carbons (Fsp3) is 0.375. The van der Waals surface area contributed by atoms with Gasteiger partial charge in [0.05, 0.1) is 31.7 Å². The number of hydrogen-bond acceptors (Lipinski definition) is 5. The van der Waals surface area contributed by atoms with Crippen LogP contribution in [0.2, 0.25) is 0 Å². The molecule has 0 radical (unpaired) electrons. The third kappa shape index (κ3) is 5.69. The van der Waals surface area contributed by atoms with Crippen molar-refractivity contribution in [1.82, 2.24) is 14.7 Å². The Morgan fingerprint density at radius 1 is 1.48 bits per heavy atom. The molecular weight excluding hydrogens is 344 g/mol. The summed E-state index contributed by atoms with van der Waals surface area (Å²) in [7, 11) is -3.07. The van der Waals surface area contributed by atoms with Gasteiger partial charge in [-0.1, -0.05) is 12.8 Å². The molecule has 0 aliphatic carbocycles. The summed E-state index contributed by atoms with van der Waals surface area (Å²) in [5, 5.41) is 6.78. The number of rotatable bonds is 8. The Kier molecular flexibility index (Phi) is 6.25. The minimum absolute atomic E-state index is 0.000276. The molecule has 0 spiro atoms. The van der Waals surface area contributed by atoms with E-state index in [0.29, 0.717) is 11.6 Å². The lowest BCUT2D eigenvalue weighted by Gasteiger charge is -2.18. The average Bonchev–Trinajstić information content (AvgIpc) is 3.24. The SMILES string of the molecule is C#CCN(Cc1ccco1)C(=O)Nc1ccn(CCS(=O)(=O)CC)n1. The van der Waals surface area contributed by atoms with E-state index in [2.05, 4.69) is 16.3 Å². The summed E-state index contributed by atoms with van der Waals surface area (Å²) < 4.78 is 29.7. The van der Waals surface area contributed by atoms with Gasteiger partial charge in [0.1, 0.15) is 5.76 Å². The van der Waals surface area contributed by atoms with E-state index in [0.717, 1.165) is 0 Å². The Labute approximate surface area is 146 Å². The van der Waals surface area contributed by atoms with Gasteiger partial charge in [-0.3, -0.25) is 10.00 Å². The minimum Gasteiger partial charge on any atom is -0.467 e. The summed E-state index contributed by atoms with van der Waals surface area (Å²) in [5.74, 6) is 3.45. The Morgan fingerprint density at radius 3 is 2.92 bits per heavy atom. The van der Waals surface area contributed by atoms with E-state index in [1.807, 2.05) is 0 Å². The second-order valence-corrected chi connectivity index (χ2v) is 7.74. The smallest absolute Gasteiger partial charge is 0.324 e. The molecule has 0 atom stereocenters. The number of aromatic nitrogens is 2. The number of urea groups is 1. The highest BCUT2D eigenvalue weighted by atomic mass is 32.2. The van der Waals surface area contributed by atoms with Gasteiger partial charge in [-0.2, -0.15) is 5.10 Å². The van der Waals surface area contributed by atoms with Crippen LogP contribution in [0.15, 0.2) is 35.1 Å². The number of terminal acetylenes is 1. The summed E-state index contributed by atoms with van der Waals surface area (Å²) in [6.07, 6.45) is 8.44. The lowest BCUT2D eigenvalue weighted by molar-refractivity contribution is 0.211. The number of amides is 2. The molecule has 0 aliphatic rings. The fourth-order valence-electron chi connectivity index (χ4n) is 2.02.